The summed E-state index contributed by atoms with van der Waals surface area (Å²) >= 11 is 0. The lowest BCUT2D eigenvalue weighted by Gasteiger charge is -2.10. The van der Waals surface area contributed by atoms with Gasteiger partial charge in [-0.15, -0.1) is 0 Å². The number of hydrogen-bond donors (Lipinski definition) is 2. The molecule has 1 heterocycles. The average molecular weight is 336 g/mol. The van der Waals surface area contributed by atoms with Gasteiger partial charge in [0.15, 0.2) is 0 Å². The number of rotatable bonds is 4. The van der Waals surface area contributed by atoms with Gasteiger partial charge in [0.1, 0.15) is 5.75 Å². The number of nitrogens with one attached hydrogen (secondary N) is 2. The SMILES string of the molecule is COc1ccccc1C(=O)NCc1cc2c(C)cc(C)cc2[nH]c1=O. The number of benzene rings is 2. The Labute approximate surface area is 145 Å². The maximum absolute atomic E-state index is 12.4. The van der Waals surface area contributed by atoms with Crippen molar-refractivity contribution in [3.05, 3.63) is 75.1 Å². The van der Waals surface area contributed by atoms with E-state index in [-0.39, 0.29) is 18.0 Å². The number of aromatic amines is 1. The number of pyridine rings is 1. The van der Waals surface area contributed by atoms with E-state index in [1.807, 2.05) is 26.0 Å². The van der Waals surface area contributed by atoms with E-state index in [0.29, 0.717) is 16.9 Å². The summed E-state index contributed by atoms with van der Waals surface area (Å²) in [6, 6.07) is 12.8. The van der Waals surface area contributed by atoms with Crippen LogP contribution in [0.3, 0.4) is 0 Å². The number of para-hydroxylation sites is 1. The maximum Gasteiger partial charge on any atom is 0.255 e. The molecule has 25 heavy (non-hydrogen) atoms. The maximum atomic E-state index is 12.4. The van der Waals surface area contributed by atoms with Crippen molar-refractivity contribution in [2.24, 2.45) is 0 Å². The minimum absolute atomic E-state index is 0.148. The van der Waals surface area contributed by atoms with Crippen LogP contribution in [0.4, 0.5) is 0 Å². The molecule has 0 bridgehead atoms. The van der Waals surface area contributed by atoms with Crippen LogP contribution in [0.1, 0.15) is 27.0 Å². The molecule has 0 aliphatic rings. The zero-order valence-corrected chi connectivity index (χ0v) is 14.5. The Morgan fingerprint density at radius 3 is 2.68 bits per heavy atom. The highest BCUT2D eigenvalue weighted by atomic mass is 16.5. The summed E-state index contributed by atoms with van der Waals surface area (Å²) < 4.78 is 5.20. The molecule has 0 saturated heterocycles. The highest BCUT2D eigenvalue weighted by molar-refractivity contribution is 5.96. The molecule has 0 radical (unpaired) electrons. The van der Waals surface area contributed by atoms with Crippen LogP contribution in [0.5, 0.6) is 5.75 Å². The topological polar surface area (TPSA) is 71.2 Å². The number of aryl methyl sites for hydroxylation is 2. The van der Waals surface area contributed by atoms with E-state index < -0.39 is 0 Å². The van der Waals surface area contributed by atoms with E-state index in [0.717, 1.165) is 22.0 Å². The third kappa shape index (κ3) is 3.40. The van der Waals surface area contributed by atoms with Gasteiger partial charge in [-0.3, -0.25) is 9.59 Å². The molecule has 1 amide bonds. The number of H-pyrrole nitrogens is 1. The minimum Gasteiger partial charge on any atom is -0.496 e. The average Bonchev–Trinajstić information content (AvgIpc) is 2.59. The smallest absolute Gasteiger partial charge is 0.255 e. The molecule has 5 heteroatoms. The van der Waals surface area contributed by atoms with Gasteiger partial charge in [-0.2, -0.15) is 0 Å². The number of methoxy groups -OCH3 is 1. The first-order valence-corrected chi connectivity index (χ1v) is 8.04. The van der Waals surface area contributed by atoms with E-state index in [4.69, 9.17) is 4.74 Å². The highest BCUT2D eigenvalue weighted by Gasteiger charge is 2.12. The van der Waals surface area contributed by atoms with Crippen molar-refractivity contribution >= 4 is 16.8 Å². The Morgan fingerprint density at radius 1 is 1.16 bits per heavy atom. The summed E-state index contributed by atoms with van der Waals surface area (Å²) in [6.07, 6.45) is 0. The van der Waals surface area contributed by atoms with Gasteiger partial charge in [-0.25, -0.2) is 0 Å². The van der Waals surface area contributed by atoms with Gasteiger partial charge in [-0.1, -0.05) is 18.2 Å². The third-order valence-electron chi connectivity index (χ3n) is 4.18. The van der Waals surface area contributed by atoms with Crippen molar-refractivity contribution in [1.29, 1.82) is 0 Å². The fourth-order valence-electron chi connectivity index (χ4n) is 2.95. The second-order valence-electron chi connectivity index (χ2n) is 6.05. The van der Waals surface area contributed by atoms with Crippen molar-refractivity contribution in [2.45, 2.75) is 20.4 Å². The molecule has 3 aromatic rings. The summed E-state index contributed by atoms with van der Waals surface area (Å²) in [7, 11) is 1.52. The van der Waals surface area contributed by atoms with Gasteiger partial charge in [-0.05, 0) is 49.2 Å². The number of ether oxygens (including phenoxy) is 1. The number of fused-ring (bicyclic) bond motifs is 1. The van der Waals surface area contributed by atoms with Crippen LogP contribution in [0.15, 0.2) is 47.3 Å². The molecular weight excluding hydrogens is 316 g/mol. The molecule has 0 aliphatic carbocycles. The number of carbonyl (C=O) groups is 1. The molecule has 0 fully saturated rings. The second-order valence-corrected chi connectivity index (χ2v) is 6.05. The lowest BCUT2D eigenvalue weighted by Crippen LogP contribution is -2.27. The molecule has 1 aromatic heterocycles. The van der Waals surface area contributed by atoms with Gasteiger partial charge in [0, 0.05) is 23.0 Å². The van der Waals surface area contributed by atoms with Crippen molar-refractivity contribution in [1.82, 2.24) is 10.3 Å². The number of amides is 1. The number of aromatic nitrogens is 1. The minimum atomic E-state index is -0.280. The van der Waals surface area contributed by atoms with E-state index in [1.54, 1.807) is 24.3 Å². The summed E-state index contributed by atoms with van der Waals surface area (Å²) in [4.78, 5) is 27.6. The molecule has 5 nitrogen and oxygen atoms in total. The van der Waals surface area contributed by atoms with Crippen LogP contribution in [0.25, 0.3) is 10.9 Å². The van der Waals surface area contributed by atoms with Gasteiger partial charge < -0.3 is 15.0 Å². The fourth-order valence-corrected chi connectivity index (χ4v) is 2.95. The molecule has 0 atom stereocenters. The third-order valence-corrected chi connectivity index (χ3v) is 4.18. The van der Waals surface area contributed by atoms with Gasteiger partial charge in [0.2, 0.25) is 0 Å². The number of hydrogen-bond acceptors (Lipinski definition) is 3. The van der Waals surface area contributed by atoms with E-state index in [2.05, 4.69) is 16.4 Å². The molecule has 0 spiro atoms. The van der Waals surface area contributed by atoms with Crippen LogP contribution in [-0.4, -0.2) is 18.0 Å². The van der Waals surface area contributed by atoms with Crippen molar-refractivity contribution in [3.8, 4) is 5.75 Å². The van der Waals surface area contributed by atoms with Crippen LogP contribution in [0, 0.1) is 13.8 Å². The first kappa shape index (κ1) is 16.8. The Kier molecular flexibility index (Phi) is 4.57. The van der Waals surface area contributed by atoms with Crippen LogP contribution < -0.4 is 15.6 Å². The molecule has 0 aliphatic heterocycles. The number of carbonyl (C=O) groups excluding carboxylic acids is 1. The van der Waals surface area contributed by atoms with Gasteiger partial charge in [0.25, 0.3) is 11.5 Å². The Morgan fingerprint density at radius 2 is 1.92 bits per heavy atom. The fraction of sp³-hybridized carbons (Fsp3) is 0.200. The summed E-state index contributed by atoms with van der Waals surface area (Å²) in [5.74, 6) is 0.219. The molecular formula is C20H20N2O3. The summed E-state index contributed by atoms with van der Waals surface area (Å²) in [6.45, 7) is 4.15. The standard InChI is InChI=1S/C20H20N2O3/c1-12-8-13(2)16-10-14(19(23)22-17(16)9-12)11-21-20(24)15-6-4-5-7-18(15)25-3/h4-10H,11H2,1-3H3,(H,21,24)(H,22,23). The molecule has 2 N–H and O–H groups in total. The van der Waals surface area contributed by atoms with Crippen molar-refractivity contribution in [2.75, 3.05) is 7.11 Å². The molecule has 128 valence electrons. The lowest BCUT2D eigenvalue weighted by atomic mass is 10.0. The van der Waals surface area contributed by atoms with E-state index >= 15 is 0 Å². The predicted octanol–water partition coefficient (Wildman–Crippen LogP) is 3.08. The van der Waals surface area contributed by atoms with Crippen molar-refractivity contribution < 1.29 is 9.53 Å². The van der Waals surface area contributed by atoms with Gasteiger partial charge >= 0.3 is 0 Å². The van der Waals surface area contributed by atoms with E-state index in [9.17, 15) is 9.59 Å². The Hall–Kier alpha value is -3.08. The van der Waals surface area contributed by atoms with Crippen LogP contribution in [0.2, 0.25) is 0 Å². The normalized spacial score (nSPS) is 10.7. The largest absolute Gasteiger partial charge is 0.496 e. The van der Waals surface area contributed by atoms with Crippen LogP contribution >= 0.6 is 0 Å². The molecule has 0 saturated carbocycles. The van der Waals surface area contributed by atoms with Gasteiger partial charge in [0.05, 0.1) is 12.7 Å². The molecule has 3 rings (SSSR count). The highest BCUT2D eigenvalue weighted by Crippen LogP contribution is 2.19. The first-order chi connectivity index (χ1) is 12.0. The second kappa shape index (κ2) is 6.81. The lowest BCUT2D eigenvalue weighted by molar-refractivity contribution is 0.0948. The zero-order valence-electron chi connectivity index (χ0n) is 14.5. The molecule has 2 aromatic carbocycles. The Balaban J connectivity index is 1.87. The van der Waals surface area contributed by atoms with Crippen LogP contribution in [-0.2, 0) is 6.54 Å². The van der Waals surface area contributed by atoms with E-state index in [1.165, 1.54) is 7.11 Å². The predicted molar refractivity (Wildman–Crippen MR) is 98.2 cm³/mol. The quantitative estimate of drug-likeness (QED) is 0.769. The Bertz CT molecular complexity index is 1010. The first-order valence-electron chi connectivity index (χ1n) is 8.04. The summed E-state index contributed by atoms with van der Waals surface area (Å²) in [5, 5.41) is 3.77. The van der Waals surface area contributed by atoms with Crippen molar-refractivity contribution in [3.63, 3.8) is 0 Å². The molecule has 0 unspecified atom stereocenters. The summed E-state index contributed by atoms with van der Waals surface area (Å²) in [5.41, 5.74) is 3.75. The zero-order chi connectivity index (χ0) is 18.0. The monoisotopic (exact) mass is 336 g/mol.